The average Bonchev–Trinajstić information content (AvgIpc) is 3.30. The number of aromatic nitrogens is 4. The number of benzene rings is 1. The maximum atomic E-state index is 13.0. The molecule has 2 aliphatic rings. The molecule has 0 N–H and O–H groups in total. The molecule has 1 aromatic carbocycles. The van der Waals surface area contributed by atoms with Gasteiger partial charge in [0.1, 0.15) is 17.7 Å². The molecule has 7 nitrogen and oxygen atoms in total. The summed E-state index contributed by atoms with van der Waals surface area (Å²) in [6.07, 6.45) is 5.58. The van der Waals surface area contributed by atoms with Crippen LogP contribution in [0.15, 0.2) is 35.4 Å². The van der Waals surface area contributed by atoms with Crippen molar-refractivity contribution in [1.82, 2.24) is 24.1 Å². The maximum absolute atomic E-state index is 13.0. The van der Waals surface area contributed by atoms with Crippen LogP contribution in [0.5, 0.6) is 0 Å². The number of aryl methyl sites for hydroxylation is 1. The van der Waals surface area contributed by atoms with E-state index in [0.717, 1.165) is 35.9 Å². The minimum atomic E-state index is -0.306. The molecule has 0 saturated heterocycles. The summed E-state index contributed by atoms with van der Waals surface area (Å²) in [6.45, 7) is 3.48. The Hall–Kier alpha value is -3.00. The highest BCUT2D eigenvalue weighted by Crippen LogP contribution is 2.38. The molecule has 4 aromatic rings. The fourth-order valence-electron chi connectivity index (χ4n) is 4.90. The molecule has 158 valence electrons. The van der Waals surface area contributed by atoms with Gasteiger partial charge in [-0.3, -0.25) is 4.79 Å². The van der Waals surface area contributed by atoms with Gasteiger partial charge in [-0.25, -0.2) is 18.9 Å². The Labute approximate surface area is 182 Å². The summed E-state index contributed by atoms with van der Waals surface area (Å²) in [6, 6.07) is 8.21. The van der Waals surface area contributed by atoms with Gasteiger partial charge in [-0.2, -0.15) is 0 Å². The normalized spacial score (nSPS) is 18.4. The zero-order valence-electron chi connectivity index (χ0n) is 17.4. The largest absolute Gasteiger partial charge is 0.352 e. The van der Waals surface area contributed by atoms with Crippen molar-refractivity contribution in [2.75, 3.05) is 6.54 Å². The zero-order chi connectivity index (χ0) is 21.1. The van der Waals surface area contributed by atoms with Crippen LogP contribution in [0.3, 0.4) is 0 Å². The Morgan fingerprint density at radius 1 is 1.23 bits per heavy atom. The lowest BCUT2D eigenvalue weighted by atomic mass is 9.89. The maximum Gasteiger partial charge on any atom is 0.352 e. The Kier molecular flexibility index (Phi) is 4.24. The average molecular weight is 434 g/mol. The molecule has 31 heavy (non-hydrogen) atoms. The number of carbonyl (C=O) groups excluding carboxylic acids is 1. The minimum Gasteiger partial charge on any atom is -0.336 e. The van der Waals surface area contributed by atoms with E-state index in [1.165, 1.54) is 30.6 Å². The Morgan fingerprint density at radius 2 is 2.06 bits per heavy atom. The van der Waals surface area contributed by atoms with Crippen molar-refractivity contribution in [3.05, 3.63) is 62.6 Å². The van der Waals surface area contributed by atoms with Crippen molar-refractivity contribution in [1.29, 1.82) is 0 Å². The van der Waals surface area contributed by atoms with Gasteiger partial charge in [0, 0.05) is 18.0 Å². The molecule has 1 aliphatic heterocycles. The van der Waals surface area contributed by atoms with Crippen LogP contribution in [0, 0.1) is 5.92 Å². The van der Waals surface area contributed by atoms with Crippen molar-refractivity contribution >= 4 is 33.1 Å². The Morgan fingerprint density at radius 3 is 2.94 bits per heavy atom. The smallest absolute Gasteiger partial charge is 0.336 e. The van der Waals surface area contributed by atoms with E-state index in [4.69, 9.17) is 0 Å². The highest BCUT2D eigenvalue weighted by Gasteiger charge is 2.26. The van der Waals surface area contributed by atoms with Gasteiger partial charge in [0.25, 0.3) is 0 Å². The third-order valence-corrected chi connectivity index (χ3v) is 7.81. The van der Waals surface area contributed by atoms with Gasteiger partial charge in [-0.1, -0.05) is 31.2 Å². The van der Waals surface area contributed by atoms with Crippen LogP contribution in [0.2, 0.25) is 0 Å². The molecule has 6 rings (SSSR count). The first kappa shape index (κ1) is 18.7. The van der Waals surface area contributed by atoms with Gasteiger partial charge in [-0.05, 0) is 48.3 Å². The fourth-order valence-corrected chi connectivity index (χ4v) is 6.25. The van der Waals surface area contributed by atoms with E-state index in [1.54, 1.807) is 17.7 Å². The third kappa shape index (κ3) is 3.00. The highest BCUT2D eigenvalue weighted by molar-refractivity contribution is 7.19. The van der Waals surface area contributed by atoms with Crippen LogP contribution < -0.4 is 5.69 Å². The van der Waals surface area contributed by atoms with Gasteiger partial charge in [0.2, 0.25) is 5.91 Å². The molecule has 0 radical (unpaired) electrons. The first-order valence-electron chi connectivity index (χ1n) is 10.8. The van der Waals surface area contributed by atoms with Crippen LogP contribution >= 0.6 is 11.3 Å². The van der Waals surface area contributed by atoms with Crippen molar-refractivity contribution in [3.63, 3.8) is 0 Å². The molecule has 0 fully saturated rings. The van der Waals surface area contributed by atoms with Crippen molar-refractivity contribution < 1.29 is 4.79 Å². The standard InChI is InChI=1S/C23H23N5O2S/c1-14-6-7-17-18(10-14)31-22-20(17)21-25-28(23(30)27(21)13-24-22)12-19(29)26-9-8-15-4-2-3-5-16(15)11-26/h2-5,13-14H,6-12H2,1H3. The first-order chi connectivity index (χ1) is 15.1. The fraction of sp³-hybridized carbons (Fsp3) is 0.391. The summed E-state index contributed by atoms with van der Waals surface area (Å²) in [5.74, 6) is 0.592. The lowest BCUT2D eigenvalue weighted by Gasteiger charge is -2.28. The minimum absolute atomic E-state index is 0.0481. The van der Waals surface area contributed by atoms with E-state index in [1.807, 2.05) is 17.0 Å². The van der Waals surface area contributed by atoms with Crippen LogP contribution in [0.1, 0.15) is 34.9 Å². The zero-order valence-corrected chi connectivity index (χ0v) is 18.2. The lowest BCUT2D eigenvalue weighted by molar-refractivity contribution is -0.133. The lowest BCUT2D eigenvalue weighted by Crippen LogP contribution is -2.39. The second-order valence-corrected chi connectivity index (χ2v) is 9.83. The van der Waals surface area contributed by atoms with Crippen LogP contribution in [0.25, 0.3) is 15.9 Å². The molecule has 1 unspecified atom stereocenters. The van der Waals surface area contributed by atoms with Crippen LogP contribution in [0.4, 0.5) is 0 Å². The quantitative estimate of drug-likeness (QED) is 0.487. The molecule has 4 heterocycles. The summed E-state index contributed by atoms with van der Waals surface area (Å²) in [5, 5.41) is 5.60. The Bertz CT molecular complexity index is 1400. The second kappa shape index (κ2) is 7.02. The van der Waals surface area contributed by atoms with E-state index in [2.05, 4.69) is 29.1 Å². The van der Waals surface area contributed by atoms with Crippen LogP contribution in [-0.4, -0.2) is 36.5 Å². The topological polar surface area (TPSA) is 72.5 Å². The van der Waals surface area contributed by atoms with Gasteiger partial charge < -0.3 is 4.90 Å². The number of thiophene rings is 1. The summed E-state index contributed by atoms with van der Waals surface area (Å²) in [5.41, 5.74) is 4.07. The van der Waals surface area contributed by atoms with Gasteiger partial charge in [0.05, 0.1) is 5.39 Å². The molecular formula is C23H23N5O2S. The number of amides is 1. The van der Waals surface area contributed by atoms with Crippen molar-refractivity contribution in [2.45, 2.75) is 45.7 Å². The summed E-state index contributed by atoms with van der Waals surface area (Å²) >= 11 is 1.71. The molecule has 0 saturated carbocycles. The number of rotatable bonds is 2. The molecule has 1 amide bonds. The molecule has 0 bridgehead atoms. The molecule has 1 aliphatic carbocycles. The molecular weight excluding hydrogens is 410 g/mol. The molecule has 1 atom stereocenters. The number of carbonyl (C=O) groups is 1. The SMILES string of the molecule is CC1CCc2c(sc3ncn4c(=O)n(CC(=O)N5CCc6ccccc6C5)nc4c23)C1. The van der Waals surface area contributed by atoms with Gasteiger partial charge >= 0.3 is 5.69 Å². The predicted molar refractivity (Wildman–Crippen MR) is 119 cm³/mol. The van der Waals surface area contributed by atoms with E-state index in [9.17, 15) is 9.59 Å². The molecule has 8 heteroatoms. The summed E-state index contributed by atoms with van der Waals surface area (Å²) in [7, 11) is 0. The monoisotopic (exact) mass is 433 g/mol. The predicted octanol–water partition coefficient (Wildman–Crippen LogP) is 2.82. The van der Waals surface area contributed by atoms with Crippen molar-refractivity contribution in [3.8, 4) is 0 Å². The van der Waals surface area contributed by atoms with Gasteiger partial charge in [0.15, 0.2) is 5.65 Å². The van der Waals surface area contributed by atoms with E-state index in [0.29, 0.717) is 24.7 Å². The number of nitrogens with zero attached hydrogens (tertiary/aromatic N) is 5. The summed E-state index contributed by atoms with van der Waals surface area (Å²) < 4.78 is 2.79. The molecule has 3 aromatic heterocycles. The van der Waals surface area contributed by atoms with E-state index < -0.39 is 0 Å². The van der Waals surface area contributed by atoms with E-state index in [-0.39, 0.29) is 18.1 Å². The highest BCUT2D eigenvalue weighted by atomic mass is 32.1. The number of hydrogen-bond donors (Lipinski definition) is 0. The third-order valence-electron chi connectivity index (χ3n) is 6.65. The van der Waals surface area contributed by atoms with Gasteiger partial charge in [-0.15, -0.1) is 16.4 Å². The first-order valence-corrected chi connectivity index (χ1v) is 11.6. The summed E-state index contributed by atoms with van der Waals surface area (Å²) in [4.78, 5) is 34.6. The Balaban J connectivity index is 1.35. The van der Waals surface area contributed by atoms with Crippen molar-refractivity contribution in [2.24, 2.45) is 5.92 Å². The number of fused-ring (bicyclic) bond motifs is 6. The molecule has 0 spiro atoms. The van der Waals surface area contributed by atoms with E-state index >= 15 is 0 Å². The number of hydrogen-bond acceptors (Lipinski definition) is 5. The second-order valence-electron chi connectivity index (χ2n) is 8.74. The van der Waals surface area contributed by atoms with Crippen LogP contribution in [-0.2, 0) is 37.1 Å².